The SMILES string of the molecule is CC(C)(C)c1ccc(S(=O)(=O)NC2CCNCC2)c(C(C)(C)C)c1. The number of nitrogens with one attached hydrogen (secondary N) is 2. The third kappa shape index (κ3) is 4.58. The van der Waals surface area contributed by atoms with Gasteiger partial charge in [0.15, 0.2) is 0 Å². The molecular formula is C19H32N2O2S. The van der Waals surface area contributed by atoms with Crippen molar-refractivity contribution in [2.45, 2.75) is 76.2 Å². The van der Waals surface area contributed by atoms with E-state index in [2.05, 4.69) is 57.6 Å². The third-order valence-electron chi connectivity index (χ3n) is 4.60. The van der Waals surface area contributed by atoms with Gasteiger partial charge in [0.2, 0.25) is 10.0 Å². The predicted octanol–water partition coefficient (Wildman–Crippen LogP) is 3.31. The van der Waals surface area contributed by atoms with E-state index in [1.807, 2.05) is 6.07 Å². The Kier molecular flexibility index (Phi) is 5.48. The van der Waals surface area contributed by atoms with E-state index in [0.717, 1.165) is 37.1 Å². The molecule has 1 fully saturated rings. The minimum Gasteiger partial charge on any atom is -0.317 e. The van der Waals surface area contributed by atoms with Crippen molar-refractivity contribution in [3.63, 3.8) is 0 Å². The smallest absolute Gasteiger partial charge is 0.241 e. The summed E-state index contributed by atoms with van der Waals surface area (Å²) in [6.07, 6.45) is 1.67. The van der Waals surface area contributed by atoms with Crippen LogP contribution in [0.15, 0.2) is 23.1 Å². The Labute approximate surface area is 147 Å². The molecule has 0 atom stereocenters. The first-order valence-corrected chi connectivity index (χ1v) is 10.3. The van der Waals surface area contributed by atoms with Gasteiger partial charge in [-0.25, -0.2) is 13.1 Å². The number of piperidine rings is 1. The predicted molar refractivity (Wildman–Crippen MR) is 100 cm³/mol. The third-order valence-corrected chi connectivity index (χ3v) is 6.18. The fourth-order valence-corrected chi connectivity index (χ4v) is 4.74. The van der Waals surface area contributed by atoms with E-state index >= 15 is 0 Å². The normalized spacial score (nSPS) is 17.9. The van der Waals surface area contributed by atoms with Gasteiger partial charge in [0.25, 0.3) is 0 Å². The van der Waals surface area contributed by atoms with Gasteiger partial charge in [0.1, 0.15) is 0 Å². The first kappa shape index (κ1) is 19.4. The lowest BCUT2D eigenvalue weighted by atomic mass is 9.81. The van der Waals surface area contributed by atoms with Crippen LogP contribution in [0.5, 0.6) is 0 Å². The quantitative estimate of drug-likeness (QED) is 0.877. The summed E-state index contributed by atoms with van der Waals surface area (Å²) in [5.41, 5.74) is 1.80. The van der Waals surface area contributed by atoms with Gasteiger partial charge in [0, 0.05) is 6.04 Å². The molecule has 1 aromatic carbocycles. The second-order valence-electron chi connectivity index (χ2n) is 8.86. The maximum atomic E-state index is 13.0. The molecule has 0 saturated carbocycles. The molecular weight excluding hydrogens is 320 g/mol. The molecule has 0 unspecified atom stereocenters. The fraction of sp³-hybridized carbons (Fsp3) is 0.684. The number of sulfonamides is 1. The van der Waals surface area contributed by atoms with E-state index in [0.29, 0.717) is 4.90 Å². The summed E-state index contributed by atoms with van der Waals surface area (Å²) < 4.78 is 28.9. The van der Waals surface area contributed by atoms with Crippen LogP contribution >= 0.6 is 0 Å². The molecule has 2 N–H and O–H groups in total. The highest BCUT2D eigenvalue weighted by atomic mass is 32.2. The van der Waals surface area contributed by atoms with Crippen molar-refractivity contribution in [3.8, 4) is 0 Å². The zero-order valence-electron chi connectivity index (χ0n) is 15.9. The molecule has 1 saturated heterocycles. The maximum absolute atomic E-state index is 13.0. The van der Waals surface area contributed by atoms with E-state index in [9.17, 15) is 8.42 Å². The molecule has 1 aliphatic rings. The van der Waals surface area contributed by atoms with Crippen molar-refractivity contribution in [1.29, 1.82) is 0 Å². The van der Waals surface area contributed by atoms with Gasteiger partial charge in [-0.05, 0) is 54.0 Å². The summed E-state index contributed by atoms with van der Waals surface area (Å²) in [6, 6.07) is 5.82. The summed E-state index contributed by atoms with van der Waals surface area (Å²) in [4.78, 5) is 0.418. The summed E-state index contributed by atoms with van der Waals surface area (Å²) in [5.74, 6) is 0. The Bertz CT molecular complexity index is 676. The van der Waals surface area contributed by atoms with Gasteiger partial charge >= 0.3 is 0 Å². The number of hydrogen-bond donors (Lipinski definition) is 2. The minimum atomic E-state index is -3.51. The lowest BCUT2D eigenvalue weighted by Crippen LogP contribution is -2.43. The Balaban J connectivity index is 2.44. The monoisotopic (exact) mass is 352 g/mol. The number of benzene rings is 1. The van der Waals surface area contributed by atoms with E-state index in [1.54, 1.807) is 6.07 Å². The van der Waals surface area contributed by atoms with Crippen LogP contribution in [0.3, 0.4) is 0 Å². The van der Waals surface area contributed by atoms with Gasteiger partial charge in [0.05, 0.1) is 4.90 Å². The molecule has 1 aromatic rings. The molecule has 0 aromatic heterocycles. The minimum absolute atomic E-state index is 0.00917. The number of rotatable bonds is 3. The molecule has 1 aliphatic heterocycles. The standard InChI is InChI=1S/C19H32N2O2S/c1-18(2,3)14-7-8-17(16(13-14)19(4,5)6)24(22,23)21-15-9-11-20-12-10-15/h7-8,13,15,20-21H,9-12H2,1-6H3. The van der Waals surface area contributed by atoms with E-state index < -0.39 is 10.0 Å². The summed E-state index contributed by atoms with van der Waals surface area (Å²) in [7, 11) is -3.51. The van der Waals surface area contributed by atoms with E-state index in [1.165, 1.54) is 0 Å². The van der Waals surface area contributed by atoms with E-state index in [-0.39, 0.29) is 16.9 Å². The molecule has 0 aliphatic carbocycles. The molecule has 0 radical (unpaired) electrons. The van der Waals surface area contributed by atoms with Crippen molar-refractivity contribution in [2.24, 2.45) is 0 Å². The average molecular weight is 353 g/mol. The van der Waals surface area contributed by atoms with Crippen LogP contribution in [-0.2, 0) is 20.9 Å². The van der Waals surface area contributed by atoms with Crippen molar-refractivity contribution in [3.05, 3.63) is 29.3 Å². The Morgan fingerprint density at radius 1 is 1.00 bits per heavy atom. The van der Waals surface area contributed by atoms with Crippen molar-refractivity contribution >= 4 is 10.0 Å². The molecule has 136 valence electrons. The summed E-state index contributed by atoms with van der Waals surface area (Å²) >= 11 is 0. The highest BCUT2D eigenvalue weighted by Crippen LogP contribution is 2.33. The molecule has 5 heteroatoms. The van der Waals surface area contributed by atoms with E-state index in [4.69, 9.17) is 0 Å². The van der Waals surface area contributed by atoms with Crippen molar-refractivity contribution in [1.82, 2.24) is 10.0 Å². The molecule has 24 heavy (non-hydrogen) atoms. The molecule has 2 rings (SSSR count). The van der Waals surface area contributed by atoms with Gasteiger partial charge in [-0.3, -0.25) is 0 Å². The highest BCUT2D eigenvalue weighted by molar-refractivity contribution is 7.89. The van der Waals surface area contributed by atoms with Crippen molar-refractivity contribution < 1.29 is 8.42 Å². The van der Waals surface area contributed by atoms with Crippen LogP contribution in [0.4, 0.5) is 0 Å². The summed E-state index contributed by atoms with van der Waals surface area (Å²) in [6.45, 7) is 14.4. The Morgan fingerprint density at radius 3 is 2.08 bits per heavy atom. The molecule has 0 spiro atoms. The average Bonchev–Trinajstić information content (AvgIpc) is 2.45. The Hall–Kier alpha value is -0.910. The second kappa shape index (κ2) is 6.77. The molecule has 0 bridgehead atoms. The maximum Gasteiger partial charge on any atom is 0.241 e. The van der Waals surface area contributed by atoms with Crippen LogP contribution in [0.2, 0.25) is 0 Å². The van der Waals surface area contributed by atoms with Gasteiger partial charge in [-0.2, -0.15) is 0 Å². The van der Waals surface area contributed by atoms with Gasteiger partial charge in [-0.1, -0.05) is 53.7 Å². The van der Waals surface area contributed by atoms with Gasteiger partial charge < -0.3 is 5.32 Å². The first-order valence-electron chi connectivity index (χ1n) is 8.79. The molecule has 4 nitrogen and oxygen atoms in total. The highest BCUT2D eigenvalue weighted by Gasteiger charge is 2.29. The number of hydrogen-bond acceptors (Lipinski definition) is 3. The molecule has 0 amide bonds. The topological polar surface area (TPSA) is 58.2 Å². The largest absolute Gasteiger partial charge is 0.317 e. The summed E-state index contributed by atoms with van der Waals surface area (Å²) in [5, 5.41) is 3.27. The van der Waals surface area contributed by atoms with Crippen molar-refractivity contribution in [2.75, 3.05) is 13.1 Å². The van der Waals surface area contributed by atoms with Crippen LogP contribution in [0, 0.1) is 0 Å². The van der Waals surface area contributed by atoms with Crippen LogP contribution in [-0.4, -0.2) is 27.5 Å². The van der Waals surface area contributed by atoms with Gasteiger partial charge in [-0.15, -0.1) is 0 Å². The first-order chi connectivity index (χ1) is 10.9. The van der Waals surface area contributed by atoms with Crippen LogP contribution < -0.4 is 10.0 Å². The lowest BCUT2D eigenvalue weighted by Gasteiger charge is -2.29. The fourth-order valence-electron chi connectivity index (χ4n) is 3.04. The van der Waals surface area contributed by atoms with Crippen LogP contribution in [0.1, 0.15) is 65.5 Å². The zero-order valence-corrected chi connectivity index (χ0v) is 16.7. The molecule has 1 heterocycles. The lowest BCUT2D eigenvalue weighted by molar-refractivity contribution is 0.426. The second-order valence-corrected chi connectivity index (χ2v) is 10.5. The zero-order chi connectivity index (χ0) is 18.2. The van der Waals surface area contributed by atoms with Crippen LogP contribution in [0.25, 0.3) is 0 Å². The Morgan fingerprint density at radius 2 is 1.58 bits per heavy atom.